The van der Waals surface area contributed by atoms with Crippen LogP contribution in [0.4, 0.5) is 10.5 Å². The van der Waals surface area contributed by atoms with Gasteiger partial charge in [-0.1, -0.05) is 18.2 Å². The second kappa shape index (κ2) is 14.6. The van der Waals surface area contributed by atoms with Gasteiger partial charge in [0.1, 0.15) is 0 Å². The normalized spacial score (nSPS) is 6.64. The second-order valence-corrected chi connectivity index (χ2v) is 1.87. The number of rotatable bonds is 1. The maximum atomic E-state index is 8.33. The van der Waals surface area contributed by atoms with Crippen LogP contribution >= 0.6 is 0 Å². The van der Waals surface area contributed by atoms with E-state index < -0.39 is 6.16 Å². The summed E-state index contributed by atoms with van der Waals surface area (Å²) in [5, 5.41) is 19.7. The maximum absolute atomic E-state index is 8.33. The summed E-state index contributed by atoms with van der Waals surface area (Å²) in [7, 11) is 1.91. The summed E-state index contributed by atoms with van der Waals surface area (Å²) >= 11 is 0. The fourth-order valence-electron chi connectivity index (χ4n) is 0.605. The van der Waals surface area contributed by atoms with E-state index in [0.29, 0.717) is 0 Å². The van der Waals surface area contributed by atoms with Crippen LogP contribution in [0.3, 0.4) is 0 Å². The van der Waals surface area contributed by atoms with E-state index in [2.05, 4.69) is 5.32 Å². The Hall–Kier alpha value is 1.56. The van der Waals surface area contributed by atoms with Crippen LogP contribution < -0.4 is 118 Å². The third-order valence-corrected chi connectivity index (χ3v) is 1.06. The Labute approximate surface area is 168 Å². The van der Waals surface area contributed by atoms with Crippen LogP contribution in [0.2, 0.25) is 0 Å². The molecule has 1 rings (SSSR count). The largest absolute Gasteiger partial charge is 1.00 e. The van der Waals surface area contributed by atoms with Crippen molar-refractivity contribution in [3.8, 4) is 0 Å². The number of carbonyl (C=O) groups is 1. The van der Waals surface area contributed by atoms with Gasteiger partial charge in [-0.05, 0) is 18.3 Å². The van der Waals surface area contributed by atoms with Gasteiger partial charge in [-0.3, -0.25) is 0 Å². The smallest absolute Gasteiger partial charge is 0.652 e. The molecule has 0 amide bonds. The second-order valence-electron chi connectivity index (χ2n) is 1.87. The molecule has 1 aromatic rings. The molecule has 0 saturated carbocycles. The molecule has 1 N–H and O–H groups in total. The van der Waals surface area contributed by atoms with Crippen molar-refractivity contribution >= 4 is 11.8 Å². The Balaban J connectivity index is -0.000000180. The molecule has 0 bridgehead atoms. The molecule has 0 radical (unpaired) electrons. The molecule has 4 nitrogen and oxygen atoms in total. The van der Waals surface area contributed by atoms with Crippen molar-refractivity contribution in [3.63, 3.8) is 0 Å². The molecule has 0 fully saturated rings. The van der Waals surface area contributed by atoms with Crippen LogP contribution in [-0.2, 0) is 0 Å². The molecular formula is C8H9K2NO3. The number of anilines is 1. The van der Waals surface area contributed by atoms with Gasteiger partial charge in [0.2, 0.25) is 0 Å². The molecule has 0 atom stereocenters. The standard InChI is InChI=1S/C7H9N.CH2O3.2K/c1-8-7-5-3-2-4-6-7;2-1(3)4;;/h2-6,8H,1H3;(H2,2,3,4);;/q;;2*+1/p-2. The molecule has 6 heteroatoms. The van der Waals surface area contributed by atoms with Crippen molar-refractivity contribution in [2.24, 2.45) is 0 Å². The molecule has 0 unspecified atom stereocenters. The minimum atomic E-state index is -2.33. The summed E-state index contributed by atoms with van der Waals surface area (Å²) in [6, 6.07) is 10.1. The van der Waals surface area contributed by atoms with Crippen molar-refractivity contribution in [3.05, 3.63) is 30.3 Å². The van der Waals surface area contributed by atoms with Gasteiger partial charge in [0, 0.05) is 12.7 Å². The van der Waals surface area contributed by atoms with E-state index >= 15 is 0 Å². The van der Waals surface area contributed by atoms with Gasteiger partial charge in [0.25, 0.3) is 0 Å². The summed E-state index contributed by atoms with van der Waals surface area (Å²) in [6.07, 6.45) is -2.33. The average molecular weight is 245 g/mol. The quantitative estimate of drug-likeness (QED) is 0.499. The van der Waals surface area contributed by atoms with Crippen LogP contribution in [0.15, 0.2) is 30.3 Å². The van der Waals surface area contributed by atoms with E-state index in [0.717, 1.165) is 5.69 Å². The van der Waals surface area contributed by atoms with E-state index in [1.54, 1.807) is 0 Å². The van der Waals surface area contributed by atoms with Crippen molar-refractivity contribution in [1.29, 1.82) is 0 Å². The summed E-state index contributed by atoms with van der Waals surface area (Å²) in [5.74, 6) is 0. The number of nitrogens with one attached hydrogen (secondary N) is 1. The van der Waals surface area contributed by atoms with Gasteiger partial charge >= 0.3 is 103 Å². The van der Waals surface area contributed by atoms with E-state index in [4.69, 9.17) is 15.0 Å². The summed E-state index contributed by atoms with van der Waals surface area (Å²) in [5.41, 5.74) is 1.16. The third kappa shape index (κ3) is 16.0. The monoisotopic (exact) mass is 245 g/mol. The number of hydrogen-bond donors (Lipinski definition) is 1. The average Bonchev–Trinajstić information content (AvgIpc) is 2.05. The first-order chi connectivity index (χ1) is 5.66. The number of carbonyl (C=O) groups excluding carboxylic acids is 1. The van der Waals surface area contributed by atoms with E-state index in [9.17, 15) is 0 Å². The predicted octanol–water partition coefficient (Wildman–Crippen LogP) is -6.71. The van der Waals surface area contributed by atoms with Crippen molar-refractivity contribution in [2.75, 3.05) is 12.4 Å². The number of benzene rings is 1. The Morgan fingerprint density at radius 3 is 1.71 bits per heavy atom. The molecule has 14 heavy (non-hydrogen) atoms. The minimum absolute atomic E-state index is 0. The molecule has 0 saturated heterocycles. The molecule has 0 aliphatic heterocycles. The SMILES string of the molecule is CNc1ccccc1.O=C([O-])[O-].[K+].[K+]. The summed E-state index contributed by atoms with van der Waals surface area (Å²) in [6.45, 7) is 0. The van der Waals surface area contributed by atoms with Crippen LogP contribution in [0.1, 0.15) is 0 Å². The van der Waals surface area contributed by atoms with E-state index in [-0.39, 0.29) is 103 Å². The first-order valence-corrected chi connectivity index (χ1v) is 3.27. The Kier molecular flexibility index (Phi) is 21.8. The zero-order valence-electron chi connectivity index (χ0n) is 8.61. The predicted molar refractivity (Wildman–Crippen MR) is 41.4 cm³/mol. The fourth-order valence-corrected chi connectivity index (χ4v) is 0.605. The molecule has 0 heterocycles. The molecule has 0 aliphatic carbocycles. The van der Waals surface area contributed by atoms with Gasteiger partial charge in [0.05, 0.1) is 0 Å². The van der Waals surface area contributed by atoms with Gasteiger partial charge in [-0.15, -0.1) is 0 Å². The van der Waals surface area contributed by atoms with Gasteiger partial charge in [0.15, 0.2) is 0 Å². The molecular weight excluding hydrogens is 236 g/mol. The maximum Gasteiger partial charge on any atom is 1.00 e. The molecule has 0 spiro atoms. The zero-order valence-corrected chi connectivity index (χ0v) is 14.9. The van der Waals surface area contributed by atoms with Crippen LogP contribution in [0.5, 0.6) is 0 Å². The molecule has 1 aromatic carbocycles. The number of carboxylic acid groups (broad SMARTS) is 2. The number of para-hydroxylation sites is 1. The van der Waals surface area contributed by atoms with Gasteiger partial charge in [-0.2, -0.15) is 0 Å². The minimum Gasteiger partial charge on any atom is -0.652 e. The zero-order chi connectivity index (χ0) is 9.40. The third-order valence-electron chi connectivity index (χ3n) is 1.06. The summed E-state index contributed by atoms with van der Waals surface area (Å²) in [4.78, 5) is 8.33. The van der Waals surface area contributed by atoms with Crippen LogP contribution in [0, 0.1) is 0 Å². The Morgan fingerprint density at radius 2 is 1.50 bits per heavy atom. The van der Waals surface area contributed by atoms with Crippen molar-refractivity contribution in [1.82, 2.24) is 0 Å². The van der Waals surface area contributed by atoms with Crippen LogP contribution in [0.25, 0.3) is 0 Å². The van der Waals surface area contributed by atoms with Gasteiger partial charge < -0.3 is 20.3 Å². The van der Waals surface area contributed by atoms with E-state index in [1.807, 2.05) is 37.4 Å². The first-order valence-electron chi connectivity index (χ1n) is 3.27. The van der Waals surface area contributed by atoms with Crippen molar-refractivity contribution < 1.29 is 118 Å². The van der Waals surface area contributed by atoms with Gasteiger partial charge in [-0.25, -0.2) is 0 Å². The molecule has 66 valence electrons. The molecule has 0 aliphatic rings. The molecule has 0 aromatic heterocycles. The Morgan fingerprint density at radius 1 is 1.14 bits per heavy atom. The fraction of sp³-hybridized carbons (Fsp3) is 0.125. The Bertz CT molecular complexity index is 227. The summed E-state index contributed by atoms with van der Waals surface area (Å²) < 4.78 is 0. The van der Waals surface area contributed by atoms with Crippen molar-refractivity contribution in [2.45, 2.75) is 0 Å². The van der Waals surface area contributed by atoms with Crippen LogP contribution in [-0.4, -0.2) is 13.2 Å². The number of hydrogen-bond acceptors (Lipinski definition) is 4. The first kappa shape index (κ1) is 20.9. The topological polar surface area (TPSA) is 75.2 Å². The van der Waals surface area contributed by atoms with E-state index in [1.165, 1.54) is 0 Å².